The minimum atomic E-state index is -0.0660. The summed E-state index contributed by atoms with van der Waals surface area (Å²) in [7, 11) is 3.76. The molecule has 0 radical (unpaired) electrons. The van der Waals surface area contributed by atoms with E-state index in [-0.39, 0.29) is 24.0 Å². The van der Waals surface area contributed by atoms with Crippen molar-refractivity contribution in [2.45, 2.75) is 44.1 Å². The molecule has 28 heavy (non-hydrogen) atoms. The van der Waals surface area contributed by atoms with Gasteiger partial charge < -0.3 is 24.6 Å². The molecule has 4 rings (SSSR count). The number of aromatic nitrogens is 1. The molecule has 3 heterocycles. The molecular weight excluding hydrogens is 354 g/mol. The van der Waals surface area contributed by atoms with Gasteiger partial charge in [0.25, 0.3) is 0 Å². The molecule has 0 saturated carbocycles. The molecule has 0 aliphatic carbocycles. The molecule has 1 amide bonds. The number of methoxy groups -OCH3 is 1. The Morgan fingerprint density at radius 3 is 2.75 bits per heavy atom. The van der Waals surface area contributed by atoms with Gasteiger partial charge in [0.2, 0.25) is 5.91 Å². The number of ether oxygens (including phenoxy) is 1. The molecule has 2 N–H and O–H groups in total. The summed E-state index contributed by atoms with van der Waals surface area (Å²) in [5.74, 6) is 1.12. The summed E-state index contributed by atoms with van der Waals surface area (Å²) in [6.07, 6.45) is 3.43. The first-order valence-corrected chi connectivity index (χ1v) is 10.3. The quantitative estimate of drug-likeness (QED) is 0.849. The third-order valence-corrected chi connectivity index (χ3v) is 6.72. The Morgan fingerprint density at radius 1 is 1.36 bits per heavy atom. The maximum Gasteiger partial charge on any atom is 0.222 e. The maximum atomic E-state index is 12.4. The lowest BCUT2D eigenvalue weighted by Gasteiger charge is -2.46. The van der Waals surface area contributed by atoms with E-state index in [1.54, 1.807) is 7.11 Å². The number of amides is 1. The first-order chi connectivity index (χ1) is 13.5. The lowest BCUT2D eigenvalue weighted by Crippen LogP contribution is -2.53. The Bertz CT molecular complexity index is 881. The zero-order valence-corrected chi connectivity index (χ0v) is 17.1. The van der Waals surface area contributed by atoms with Crippen LogP contribution in [0.1, 0.15) is 49.9 Å². The highest BCUT2D eigenvalue weighted by atomic mass is 16.5. The maximum absolute atomic E-state index is 12.4. The Hall–Kier alpha value is -2.05. The molecule has 0 bridgehead atoms. The molecule has 2 aliphatic rings. The van der Waals surface area contributed by atoms with Crippen LogP contribution in [0.5, 0.6) is 5.75 Å². The van der Waals surface area contributed by atoms with Crippen LogP contribution in [0.4, 0.5) is 0 Å². The van der Waals surface area contributed by atoms with Gasteiger partial charge in [0.15, 0.2) is 0 Å². The van der Waals surface area contributed by atoms with Crippen LogP contribution in [-0.2, 0) is 17.3 Å². The number of nitrogens with one attached hydrogen (secondary N) is 1. The van der Waals surface area contributed by atoms with E-state index >= 15 is 0 Å². The van der Waals surface area contributed by atoms with Gasteiger partial charge in [-0.2, -0.15) is 0 Å². The number of hydrogen-bond acceptors (Lipinski definition) is 4. The number of aryl methyl sites for hydroxylation is 1. The largest absolute Gasteiger partial charge is 0.497 e. The van der Waals surface area contributed by atoms with Crippen LogP contribution in [0.3, 0.4) is 0 Å². The number of hydrogen-bond donors (Lipinski definition) is 2. The number of piperidine rings is 1. The van der Waals surface area contributed by atoms with Gasteiger partial charge in [-0.15, -0.1) is 0 Å². The fraction of sp³-hybridized carbons (Fsp3) is 0.591. The Morgan fingerprint density at radius 2 is 2.11 bits per heavy atom. The number of nitrogens with zero attached hydrogens (tertiary/aromatic N) is 2. The van der Waals surface area contributed by atoms with Gasteiger partial charge in [-0.1, -0.05) is 6.92 Å². The predicted molar refractivity (Wildman–Crippen MR) is 110 cm³/mol. The molecule has 2 aliphatic heterocycles. The van der Waals surface area contributed by atoms with Crippen molar-refractivity contribution in [3.8, 4) is 5.75 Å². The van der Waals surface area contributed by atoms with Gasteiger partial charge in [0.1, 0.15) is 5.75 Å². The summed E-state index contributed by atoms with van der Waals surface area (Å²) in [5.41, 5.74) is 3.66. The molecule has 152 valence electrons. The zero-order valence-electron chi connectivity index (χ0n) is 17.1. The molecule has 1 fully saturated rings. The summed E-state index contributed by atoms with van der Waals surface area (Å²) in [4.78, 5) is 14.4. The fourth-order valence-corrected chi connectivity index (χ4v) is 5.17. The molecule has 2 aromatic rings. The summed E-state index contributed by atoms with van der Waals surface area (Å²) in [6, 6.07) is 6.19. The van der Waals surface area contributed by atoms with Crippen molar-refractivity contribution in [3.05, 3.63) is 29.5 Å². The average Bonchev–Trinajstić information content (AvgIpc) is 3.02. The smallest absolute Gasteiger partial charge is 0.222 e. The summed E-state index contributed by atoms with van der Waals surface area (Å²) in [5, 5.41) is 14.8. The SMILES string of the molecule is CCCC(=O)N1CCC2(CC1)CN[C@@H](CO)c1c2c2ccc(OC)cc2n1C. The van der Waals surface area contributed by atoms with Crippen LogP contribution in [0.25, 0.3) is 10.9 Å². The third kappa shape index (κ3) is 2.90. The van der Waals surface area contributed by atoms with Crippen molar-refractivity contribution < 1.29 is 14.6 Å². The Kier molecular flexibility index (Phi) is 5.10. The van der Waals surface area contributed by atoms with Crippen LogP contribution in [0, 0.1) is 0 Å². The van der Waals surface area contributed by atoms with Crippen molar-refractivity contribution >= 4 is 16.8 Å². The standard InChI is InChI=1S/C22H31N3O3/c1-4-5-19(27)25-10-8-22(9-11-25)14-23-17(13-26)21-20(22)16-7-6-15(28-3)12-18(16)24(21)2/h6-7,12,17,23,26H,4-5,8-11,13-14H2,1-3H3/t17-/m0/s1. The zero-order chi connectivity index (χ0) is 19.9. The van der Waals surface area contributed by atoms with Crippen molar-refractivity contribution in [1.29, 1.82) is 0 Å². The minimum absolute atomic E-state index is 0.00189. The van der Waals surface area contributed by atoms with E-state index in [0.717, 1.165) is 50.2 Å². The molecule has 1 atom stereocenters. The summed E-state index contributed by atoms with van der Waals surface area (Å²) in [6.45, 7) is 4.57. The second-order valence-electron chi connectivity index (χ2n) is 8.23. The van der Waals surface area contributed by atoms with Gasteiger partial charge in [0, 0.05) is 55.7 Å². The topological polar surface area (TPSA) is 66.7 Å². The molecule has 1 aromatic carbocycles. The van der Waals surface area contributed by atoms with Crippen LogP contribution in [0.2, 0.25) is 0 Å². The minimum Gasteiger partial charge on any atom is -0.497 e. The second-order valence-corrected chi connectivity index (χ2v) is 8.23. The number of benzene rings is 1. The number of fused-ring (bicyclic) bond motifs is 4. The van der Waals surface area contributed by atoms with Crippen molar-refractivity contribution in [2.75, 3.05) is 33.4 Å². The Labute approximate surface area is 166 Å². The first-order valence-electron chi connectivity index (χ1n) is 10.3. The molecule has 1 saturated heterocycles. The highest BCUT2D eigenvalue weighted by Gasteiger charge is 2.45. The molecule has 6 nitrogen and oxygen atoms in total. The van der Waals surface area contributed by atoms with E-state index in [4.69, 9.17) is 4.74 Å². The van der Waals surface area contributed by atoms with Crippen molar-refractivity contribution in [1.82, 2.24) is 14.8 Å². The van der Waals surface area contributed by atoms with Gasteiger partial charge in [-0.05, 0) is 37.0 Å². The normalized spacial score (nSPS) is 21.1. The van der Waals surface area contributed by atoms with Gasteiger partial charge in [0.05, 0.1) is 25.3 Å². The average molecular weight is 386 g/mol. The highest BCUT2D eigenvalue weighted by Crippen LogP contribution is 2.47. The fourth-order valence-electron chi connectivity index (χ4n) is 5.17. The van der Waals surface area contributed by atoms with Gasteiger partial charge in [-0.25, -0.2) is 0 Å². The number of aliphatic hydroxyl groups is 1. The van der Waals surface area contributed by atoms with Crippen molar-refractivity contribution in [3.63, 3.8) is 0 Å². The summed E-state index contributed by atoms with van der Waals surface area (Å²) >= 11 is 0. The first kappa shape index (κ1) is 19.3. The van der Waals surface area contributed by atoms with Gasteiger partial charge in [-0.3, -0.25) is 4.79 Å². The number of carbonyl (C=O) groups is 1. The van der Waals surface area contributed by atoms with Crippen LogP contribution < -0.4 is 10.1 Å². The van der Waals surface area contributed by atoms with Gasteiger partial charge >= 0.3 is 0 Å². The van der Waals surface area contributed by atoms with E-state index in [2.05, 4.69) is 36.0 Å². The number of likely N-dealkylation sites (tertiary alicyclic amines) is 1. The molecule has 1 spiro atoms. The molecule has 6 heteroatoms. The van der Waals surface area contributed by atoms with E-state index < -0.39 is 0 Å². The van der Waals surface area contributed by atoms with Crippen LogP contribution >= 0.6 is 0 Å². The molecular formula is C22H31N3O3. The number of carbonyl (C=O) groups excluding carboxylic acids is 1. The van der Waals surface area contributed by atoms with E-state index in [1.807, 2.05) is 11.0 Å². The molecule has 1 aromatic heterocycles. The summed E-state index contributed by atoms with van der Waals surface area (Å²) < 4.78 is 7.65. The van der Waals surface area contributed by atoms with E-state index in [9.17, 15) is 9.90 Å². The number of aliphatic hydroxyl groups excluding tert-OH is 1. The van der Waals surface area contributed by atoms with E-state index in [1.165, 1.54) is 16.6 Å². The van der Waals surface area contributed by atoms with Crippen LogP contribution in [0.15, 0.2) is 18.2 Å². The number of rotatable bonds is 4. The Balaban J connectivity index is 1.77. The van der Waals surface area contributed by atoms with E-state index in [0.29, 0.717) is 6.42 Å². The second kappa shape index (κ2) is 7.41. The lowest BCUT2D eigenvalue weighted by molar-refractivity contribution is -0.132. The predicted octanol–water partition coefficient (Wildman–Crippen LogP) is 2.48. The van der Waals surface area contributed by atoms with Crippen LogP contribution in [-0.4, -0.2) is 53.8 Å². The van der Waals surface area contributed by atoms with Crippen molar-refractivity contribution in [2.24, 2.45) is 7.05 Å². The lowest BCUT2D eigenvalue weighted by atomic mass is 9.69. The molecule has 0 unspecified atom stereocenters. The third-order valence-electron chi connectivity index (χ3n) is 6.72. The highest BCUT2D eigenvalue weighted by molar-refractivity contribution is 5.88. The monoisotopic (exact) mass is 385 g/mol.